The summed E-state index contributed by atoms with van der Waals surface area (Å²) >= 11 is 0. The smallest absolute Gasteiger partial charge is 0.178 e. The fraction of sp³-hybridized carbons (Fsp3) is 0.0612. The van der Waals surface area contributed by atoms with Crippen LogP contribution in [-0.4, -0.2) is 9.97 Å². The van der Waals surface area contributed by atoms with Crippen LogP contribution in [-0.2, 0) is 5.41 Å². The standard InChI is InChI=1S/C49H34N2O2/c1-49(2)39-26-14-13-24-38(39)45-40(49)28-29-44-47(45)53-43-27-15-25-37(46(43)52-44)34-21-10-12-23-36(34)42-30-41(50-48(51-42)32-18-7-4-8-19-32)35-22-11-9-20-33(35)31-16-5-3-6-17-31/h3-30H,1-2H3. The fourth-order valence-corrected chi connectivity index (χ4v) is 8.01. The molecule has 2 aliphatic rings. The highest BCUT2D eigenvalue weighted by molar-refractivity contribution is 5.92. The van der Waals surface area contributed by atoms with Crippen molar-refractivity contribution in [3.63, 3.8) is 0 Å². The van der Waals surface area contributed by atoms with Crippen LogP contribution in [0, 0.1) is 0 Å². The van der Waals surface area contributed by atoms with E-state index in [-0.39, 0.29) is 5.41 Å². The Bertz CT molecular complexity index is 2700. The zero-order valence-corrected chi connectivity index (χ0v) is 29.4. The average Bonchev–Trinajstić information content (AvgIpc) is 3.46. The Balaban J connectivity index is 1.12. The van der Waals surface area contributed by atoms with Gasteiger partial charge in [-0.3, -0.25) is 0 Å². The summed E-state index contributed by atoms with van der Waals surface area (Å²) in [6, 6.07) is 58.6. The monoisotopic (exact) mass is 682 g/mol. The van der Waals surface area contributed by atoms with Crippen molar-refractivity contribution < 1.29 is 9.47 Å². The Labute approximate surface area is 309 Å². The van der Waals surface area contributed by atoms with E-state index in [0.717, 1.165) is 61.6 Å². The van der Waals surface area contributed by atoms with Gasteiger partial charge in [0.15, 0.2) is 28.8 Å². The van der Waals surface area contributed by atoms with E-state index in [0.29, 0.717) is 23.1 Å². The first-order chi connectivity index (χ1) is 26.0. The summed E-state index contributed by atoms with van der Waals surface area (Å²) in [4.78, 5) is 10.4. The highest BCUT2D eigenvalue weighted by Gasteiger charge is 2.39. The fourth-order valence-electron chi connectivity index (χ4n) is 8.01. The van der Waals surface area contributed by atoms with Crippen molar-refractivity contribution >= 4 is 0 Å². The lowest BCUT2D eigenvalue weighted by Gasteiger charge is -2.26. The summed E-state index contributed by atoms with van der Waals surface area (Å²) in [5.74, 6) is 3.51. The number of hydrogen-bond acceptors (Lipinski definition) is 4. The molecule has 53 heavy (non-hydrogen) atoms. The minimum absolute atomic E-state index is 0.137. The van der Waals surface area contributed by atoms with Crippen LogP contribution in [0.1, 0.15) is 25.0 Å². The molecule has 7 aromatic carbocycles. The van der Waals surface area contributed by atoms with Crippen molar-refractivity contribution in [1.29, 1.82) is 0 Å². The Kier molecular flexibility index (Phi) is 7.12. The Hall–Kier alpha value is -6.78. The number of ether oxygens (including phenoxy) is 2. The molecule has 1 aliphatic heterocycles. The van der Waals surface area contributed by atoms with E-state index in [1.54, 1.807) is 0 Å². The van der Waals surface area contributed by atoms with Gasteiger partial charge >= 0.3 is 0 Å². The third-order valence-corrected chi connectivity index (χ3v) is 10.6. The molecule has 0 radical (unpaired) electrons. The van der Waals surface area contributed by atoms with Crippen LogP contribution in [0.4, 0.5) is 0 Å². The van der Waals surface area contributed by atoms with E-state index in [1.165, 1.54) is 16.7 Å². The van der Waals surface area contributed by atoms with Gasteiger partial charge in [-0.1, -0.05) is 166 Å². The predicted molar refractivity (Wildman–Crippen MR) is 213 cm³/mol. The SMILES string of the molecule is CC1(C)c2ccccc2-c2c1ccc1c2Oc2cccc(-c3ccccc3-c3cc(-c4ccccc4-c4ccccc4)nc(-c4ccccc4)n3)c2O1. The first kappa shape index (κ1) is 31.0. The summed E-state index contributed by atoms with van der Waals surface area (Å²) in [7, 11) is 0. The number of hydrogen-bond donors (Lipinski definition) is 0. The second-order valence-corrected chi connectivity index (χ2v) is 14.1. The molecule has 8 aromatic rings. The summed E-state index contributed by atoms with van der Waals surface area (Å²) in [6.07, 6.45) is 0. The lowest BCUT2D eigenvalue weighted by molar-refractivity contribution is 0.361. The molecular weight excluding hydrogens is 649 g/mol. The van der Waals surface area contributed by atoms with Crippen molar-refractivity contribution in [1.82, 2.24) is 9.97 Å². The highest BCUT2D eigenvalue weighted by atomic mass is 16.6. The van der Waals surface area contributed by atoms with Gasteiger partial charge in [-0.15, -0.1) is 0 Å². The van der Waals surface area contributed by atoms with Gasteiger partial charge in [0.25, 0.3) is 0 Å². The molecule has 0 saturated heterocycles. The number of nitrogens with zero attached hydrogens (tertiary/aromatic N) is 2. The van der Waals surface area contributed by atoms with Crippen molar-refractivity contribution in [3.05, 3.63) is 181 Å². The number of para-hydroxylation sites is 1. The second-order valence-electron chi connectivity index (χ2n) is 14.1. The van der Waals surface area contributed by atoms with Gasteiger partial charge in [0.2, 0.25) is 0 Å². The van der Waals surface area contributed by atoms with Gasteiger partial charge in [-0.25, -0.2) is 9.97 Å². The minimum Gasteiger partial charge on any atom is -0.449 e. The van der Waals surface area contributed by atoms with Crippen molar-refractivity contribution in [3.8, 4) is 90.3 Å². The first-order valence-electron chi connectivity index (χ1n) is 18.0. The first-order valence-corrected chi connectivity index (χ1v) is 18.0. The second kappa shape index (κ2) is 12.2. The molecule has 1 aliphatic carbocycles. The van der Waals surface area contributed by atoms with Crippen LogP contribution < -0.4 is 9.47 Å². The molecule has 10 rings (SSSR count). The quantitative estimate of drug-likeness (QED) is 0.181. The molecule has 4 heteroatoms. The third kappa shape index (κ3) is 5.06. The summed E-state index contributed by atoms with van der Waals surface area (Å²) in [6.45, 7) is 4.55. The van der Waals surface area contributed by atoms with E-state index in [9.17, 15) is 0 Å². The minimum atomic E-state index is -0.137. The maximum atomic E-state index is 6.86. The molecular formula is C49H34N2O2. The molecule has 0 N–H and O–H groups in total. The lowest BCUT2D eigenvalue weighted by Crippen LogP contribution is -2.15. The number of fused-ring (bicyclic) bond motifs is 6. The normalized spacial score (nSPS) is 13.2. The zero-order valence-electron chi connectivity index (χ0n) is 29.4. The summed E-state index contributed by atoms with van der Waals surface area (Å²) < 4.78 is 13.7. The topological polar surface area (TPSA) is 44.2 Å². The van der Waals surface area contributed by atoms with E-state index in [1.807, 2.05) is 36.4 Å². The highest BCUT2D eigenvalue weighted by Crippen LogP contribution is 2.59. The lowest BCUT2D eigenvalue weighted by atomic mass is 9.82. The Morgan fingerprint density at radius 2 is 0.925 bits per heavy atom. The molecule has 0 unspecified atom stereocenters. The van der Waals surface area contributed by atoms with E-state index in [2.05, 4.69) is 147 Å². The molecule has 0 atom stereocenters. The van der Waals surface area contributed by atoms with Crippen LogP contribution in [0.3, 0.4) is 0 Å². The molecule has 0 saturated carbocycles. The van der Waals surface area contributed by atoms with Crippen LogP contribution in [0.25, 0.3) is 67.3 Å². The number of aromatic nitrogens is 2. The summed E-state index contributed by atoms with van der Waals surface area (Å²) in [5.41, 5.74) is 13.5. The largest absolute Gasteiger partial charge is 0.449 e. The van der Waals surface area contributed by atoms with Gasteiger partial charge in [0, 0.05) is 33.2 Å². The molecule has 1 aromatic heterocycles. The molecule has 252 valence electrons. The van der Waals surface area contributed by atoms with Crippen LogP contribution in [0.5, 0.6) is 23.0 Å². The van der Waals surface area contributed by atoms with E-state index in [4.69, 9.17) is 19.4 Å². The van der Waals surface area contributed by atoms with Gasteiger partial charge in [0.05, 0.1) is 11.4 Å². The molecule has 0 amide bonds. The van der Waals surface area contributed by atoms with Crippen LogP contribution in [0.2, 0.25) is 0 Å². The van der Waals surface area contributed by atoms with Gasteiger partial charge in [-0.2, -0.15) is 0 Å². The Morgan fingerprint density at radius 3 is 1.64 bits per heavy atom. The predicted octanol–water partition coefficient (Wildman–Crippen LogP) is 13.0. The van der Waals surface area contributed by atoms with Gasteiger partial charge in [0.1, 0.15) is 0 Å². The number of rotatable bonds is 5. The van der Waals surface area contributed by atoms with Gasteiger partial charge in [-0.05, 0) is 51.6 Å². The molecule has 0 bridgehead atoms. The van der Waals surface area contributed by atoms with Crippen molar-refractivity contribution in [2.45, 2.75) is 19.3 Å². The van der Waals surface area contributed by atoms with Crippen molar-refractivity contribution in [2.24, 2.45) is 0 Å². The van der Waals surface area contributed by atoms with E-state index >= 15 is 0 Å². The average molecular weight is 683 g/mol. The third-order valence-electron chi connectivity index (χ3n) is 10.6. The van der Waals surface area contributed by atoms with Gasteiger partial charge < -0.3 is 9.47 Å². The number of benzene rings is 7. The molecule has 2 heterocycles. The summed E-state index contributed by atoms with van der Waals surface area (Å²) in [5, 5.41) is 0. The maximum Gasteiger partial charge on any atom is 0.178 e. The van der Waals surface area contributed by atoms with Crippen molar-refractivity contribution in [2.75, 3.05) is 0 Å². The Morgan fingerprint density at radius 1 is 0.396 bits per heavy atom. The molecule has 4 nitrogen and oxygen atoms in total. The molecule has 0 fully saturated rings. The van der Waals surface area contributed by atoms with Crippen LogP contribution in [0.15, 0.2) is 170 Å². The molecule has 0 spiro atoms. The van der Waals surface area contributed by atoms with E-state index < -0.39 is 0 Å². The zero-order chi connectivity index (χ0) is 35.5. The van der Waals surface area contributed by atoms with Crippen LogP contribution >= 0.6 is 0 Å². The maximum absolute atomic E-state index is 6.86.